The molecule has 106 valence electrons. The summed E-state index contributed by atoms with van der Waals surface area (Å²) in [6, 6.07) is 0.640. The summed E-state index contributed by atoms with van der Waals surface area (Å²) < 4.78 is 5.02. The Morgan fingerprint density at radius 3 is 2.72 bits per heavy atom. The number of ether oxygens (including phenoxy) is 1. The zero-order valence-electron chi connectivity index (χ0n) is 12.0. The number of methoxy groups -OCH3 is 1. The lowest BCUT2D eigenvalue weighted by atomic mass is 10.1. The van der Waals surface area contributed by atoms with Gasteiger partial charge in [-0.05, 0) is 31.6 Å². The quantitative estimate of drug-likeness (QED) is 0.226. The molecule has 1 aliphatic carbocycles. The van der Waals surface area contributed by atoms with Crippen LogP contribution in [-0.4, -0.2) is 43.7 Å². The summed E-state index contributed by atoms with van der Waals surface area (Å²) in [7, 11) is 1.71. The highest BCUT2D eigenvalue weighted by Crippen LogP contribution is 2.27. The van der Waals surface area contributed by atoms with E-state index in [-0.39, 0.29) is 0 Å². The first-order valence-electron chi connectivity index (χ1n) is 6.95. The first-order valence-corrected chi connectivity index (χ1v) is 6.95. The number of nitrogens with one attached hydrogen (secondary N) is 1. The molecule has 3 N–H and O–H groups in total. The Kier molecular flexibility index (Phi) is 7.05. The molecule has 1 saturated carbocycles. The summed E-state index contributed by atoms with van der Waals surface area (Å²) in [5.41, 5.74) is 2.76. The van der Waals surface area contributed by atoms with E-state index in [1.165, 1.54) is 19.3 Å². The molecule has 0 aromatic rings. The molecular formula is C13H28N4O. The largest absolute Gasteiger partial charge is 0.385 e. The molecule has 0 amide bonds. The zero-order valence-corrected chi connectivity index (χ0v) is 12.0. The molecule has 0 unspecified atom stereocenters. The van der Waals surface area contributed by atoms with Gasteiger partial charge in [0.05, 0.1) is 0 Å². The fourth-order valence-corrected chi connectivity index (χ4v) is 1.86. The van der Waals surface area contributed by atoms with E-state index in [2.05, 4.69) is 29.2 Å². The topological polar surface area (TPSA) is 62.9 Å². The highest BCUT2D eigenvalue weighted by Gasteiger charge is 2.30. The molecule has 18 heavy (non-hydrogen) atoms. The van der Waals surface area contributed by atoms with Crippen molar-refractivity contribution in [2.45, 2.75) is 45.6 Å². The molecule has 0 heterocycles. The van der Waals surface area contributed by atoms with Crippen molar-refractivity contribution < 1.29 is 4.74 Å². The van der Waals surface area contributed by atoms with Gasteiger partial charge in [0.1, 0.15) is 0 Å². The van der Waals surface area contributed by atoms with Crippen molar-refractivity contribution in [3.8, 4) is 0 Å². The van der Waals surface area contributed by atoms with E-state index < -0.39 is 0 Å². The smallest absolute Gasteiger partial charge is 0.208 e. The van der Waals surface area contributed by atoms with Gasteiger partial charge in [-0.15, -0.1) is 0 Å². The molecule has 5 heteroatoms. The SMILES string of the molecule is COCCCN=C(NN)N(CCC(C)C)C1CC1. The number of nitrogens with two attached hydrogens (primary N) is 1. The van der Waals surface area contributed by atoms with Crippen molar-refractivity contribution in [2.75, 3.05) is 26.8 Å². The van der Waals surface area contributed by atoms with Gasteiger partial charge in [-0.2, -0.15) is 0 Å². The van der Waals surface area contributed by atoms with Crippen LogP contribution in [0.4, 0.5) is 0 Å². The molecule has 0 aromatic heterocycles. The Hall–Kier alpha value is -0.810. The standard InChI is InChI=1S/C13H28N4O/c1-11(2)7-9-17(12-5-6-12)13(16-14)15-8-4-10-18-3/h11-12H,4-10,14H2,1-3H3,(H,15,16). The number of hydrazine groups is 1. The molecule has 0 atom stereocenters. The number of nitrogens with zero attached hydrogens (tertiary/aromatic N) is 2. The predicted molar refractivity (Wildman–Crippen MR) is 75.3 cm³/mol. The van der Waals surface area contributed by atoms with Crippen LogP contribution in [-0.2, 0) is 4.74 Å². The van der Waals surface area contributed by atoms with Gasteiger partial charge in [0, 0.05) is 32.8 Å². The number of aliphatic imine (C=N–C) groups is 1. The van der Waals surface area contributed by atoms with Gasteiger partial charge < -0.3 is 9.64 Å². The molecule has 5 nitrogen and oxygen atoms in total. The zero-order chi connectivity index (χ0) is 13.4. The average molecular weight is 256 g/mol. The van der Waals surface area contributed by atoms with Gasteiger partial charge in [-0.25, -0.2) is 5.84 Å². The first kappa shape index (κ1) is 15.2. The van der Waals surface area contributed by atoms with Crippen LogP contribution in [0.15, 0.2) is 4.99 Å². The molecule has 0 spiro atoms. The second-order valence-electron chi connectivity index (χ2n) is 5.30. The molecular weight excluding hydrogens is 228 g/mol. The van der Waals surface area contributed by atoms with Crippen molar-refractivity contribution in [3.05, 3.63) is 0 Å². The van der Waals surface area contributed by atoms with E-state index in [1.807, 2.05) is 0 Å². The molecule has 0 radical (unpaired) electrons. The van der Waals surface area contributed by atoms with Gasteiger partial charge in [0.15, 0.2) is 0 Å². The maximum atomic E-state index is 5.61. The van der Waals surface area contributed by atoms with Crippen molar-refractivity contribution in [3.63, 3.8) is 0 Å². The summed E-state index contributed by atoms with van der Waals surface area (Å²) in [6.45, 7) is 7.04. The Balaban J connectivity index is 2.45. The highest BCUT2D eigenvalue weighted by molar-refractivity contribution is 5.80. The van der Waals surface area contributed by atoms with Crippen LogP contribution in [0, 0.1) is 5.92 Å². The molecule has 1 fully saturated rings. The van der Waals surface area contributed by atoms with E-state index in [0.717, 1.165) is 32.1 Å². The predicted octanol–water partition coefficient (Wildman–Crippen LogP) is 1.35. The summed E-state index contributed by atoms with van der Waals surface area (Å²) in [5, 5.41) is 0. The number of rotatable bonds is 8. The third kappa shape index (κ3) is 5.69. The summed E-state index contributed by atoms with van der Waals surface area (Å²) in [5.74, 6) is 7.16. The van der Waals surface area contributed by atoms with Crippen LogP contribution in [0.5, 0.6) is 0 Å². The van der Waals surface area contributed by atoms with Crippen molar-refractivity contribution in [2.24, 2.45) is 16.8 Å². The lowest BCUT2D eigenvalue weighted by Crippen LogP contribution is -2.46. The van der Waals surface area contributed by atoms with Gasteiger partial charge in [-0.1, -0.05) is 13.8 Å². The van der Waals surface area contributed by atoms with Crippen LogP contribution < -0.4 is 11.3 Å². The van der Waals surface area contributed by atoms with E-state index in [1.54, 1.807) is 7.11 Å². The molecule has 0 saturated heterocycles. The lowest BCUT2D eigenvalue weighted by molar-refractivity contribution is 0.196. The second kappa shape index (κ2) is 8.32. The van der Waals surface area contributed by atoms with Crippen molar-refractivity contribution in [1.29, 1.82) is 0 Å². The highest BCUT2D eigenvalue weighted by atomic mass is 16.5. The van der Waals surface area contributed by atoms with Gasteiger partial charge in [0.2, 0.25) is 5.96 Å². The first-order chi connectivity index (χ1) is 8.69. The molecule has 1 rings (SSSR count). The third-order valence-electron chi connectivity index (χ3n) is 3.10. The van der Waals surface area contributed by atoms with Crippen LogP contribution in [0.1, 0.15) is 39.5 Å². The Bertz CT molecular complexity index is 251. The fourth-order valence-electron chi connectivity index (χ4n) is 1.86. The fraction of sp³-hybridized carbons (Fsp3) is 0.923. The minimum Gasteiger partial charge on any atom is -0.385 e. The van der Waals surface area contributed by atoms with Crippen molar-refractivity contribution >= 4 is 5.96 Å². The molecule has 0 aliphatic heterocycles. The molecule has 0 bridgehead atoms. The van der Waals surface area contributed by atoms with E-state index >= 15 is 0 Å². The summed E-state index contributed by atoms with van der Waals surface area (Å²) in [6.07, 6.45) is 4.63. The summed E-state index contributed by atoms with van der Waals surface area (Å²) in [4.78, 5) is 6.87. The van der Waals surface area contributed by atoms with Crippen LogP contribution >= 0.6 is 0 Å². The van der Waals surface area contributed by atoms with Gasteiger partial charge >= 0.3 is 0 Å². The molecule has 0 aromatic carbocycles. The van der Waals surface area contributed by atoms with E-state index in [9.17, 15) is 0 Å². The Morgan fingerprint density at radius 1 is 1.50 bits per heavy atom. The van der Waals surface area contributed by atoms with E-state index in [0.29, 0.717) is 12.0 Å². The van der Waals surface area contributed by atoms with Gasteiger partial charge in [-0.3, -0.25) is 10.4 Å². The van der Waals surface area contributed by atoms with Crippen molar-refractivity contribution in [1.82, 2.24) is 10.3 Å². The third-order valence-corrected chi connectivity index (χ3v) is 3.10. The Morgan fingerprint density at radius 2 is 2.22 bits per heavy atom. The van der Waals surface area contributed by atoms with E-state index in [4.69, 9.17) is 10.6 Å². The van der Waals surface area contributed by atoms with Crippen LogP contribution in [0.2, 0.25) is 0 Å². The Labute approximate surface area is 111 Å². The minimum atomic E-state index is 0.640. The maximum Gasteiger partial charge on any atom is 0.208 e. The summed E-state index contributed by atoms with van der Waals surface area (Å²) >= 11 is 0. The lowest BCUT2D eigenvalue weighted by Gasteiger charge is -2.26. The maximum absolute atomic E-state index is 5.61. The van der Waals surface area contributed by atoms with Crippen LogP contribution in [0.25, 0.3) is 0 Å². The van der Waals surface area contributed by atoms with Crippen LogP contribution in [0.3, 0.4) is 0 Å². The normalized spacial score (nSPS) is 16.2. The monoisotopic (exact) mass is 256 g/mol. The average Bonchev–Trinajstić information content (AvgIpc) is 3.16. The number of guanidine groups is 1. The van der Waals surface area contributed by atoms with Gasteiger partial charge in [0.25, 0.3) is 0 Å². The number of hydrogen-bond acceptors (Lipinski definition) is 3. The number of hydrogen-bond donors (Lipinski definition) is 2. The minimum absolute atomic E-state index is 0.640. The second-order valence-corrected chi connectivity index (χ2v) is 5.30. The molecule has 1 aliphatic rings.